The fourth-order valence-electron chi connectivity index (χ4n) is 2.90. The number of benzene rings is 1. The van der Waals surface area contributed by atoms with Crippen LogP contribution in [0.1, 0.15) is 22.9 Å². The minimum atomic E-state index is -4.11. The number of carbonyl (C=O) groups excluding carboxylic acids is 1. The van der Waals surface area contributed by atoms with E-state index >= 15 is 0 Å². The van der Waals surface area contributed by atoms with Crippen LogP contribution in [-0.4, -0.2) is 29.5 Å². The number of carbonyl (C=O) groups is 1. The maximum atomic E-state index is 14.5. The maximum Gasteiger partial charge on any atom is 0.352 e. The number of methoxy groups -OCH3 is 1. The zero-order valence-corrected chi connectivity index (χ0v) is 13.8. The van der Waals surface area contributed by atoms with Crippen LogP contribution in [0.3, 0.4) is 0 Å². The van der Waals surface area contributed by atoms with Gasteiger partial charge in [0.1, 0.15) is 6.10 Å². The van der Waals surface area contributed by atoms with Crippen LogP contribution in [0.2, 0.25) is 0 Å². The number of aliphatic hydroxyl groups is 1. The molecule has 144 valence electrons. The summed E-state index contributed by atoms with van der Waals surface area (Å²) in [6.07, 6.45) is -5.78. The van der Waals surface area contributed by atoms with E-state index in [2.05, 4.69) is 4.98 Å². The number of amides is 1. The van der Waals surface area contributed by atoms with Crippen molar-refractivity contribution in [2.24, 2.45) is 0 Å². The molecule has 1 unspecified atom stereocenters. The number of hydrogen-bond acceptors (Lipinski definition) is 4. The predicted octanol–water partition coefficient (Wildman–Crippen LogP) is 3.17. The number of rotatable bonds is 5. The third kappa shape index (κ3) is 3.09. The molecule has 1 atom stereocenters. The number of halogens is 5. The number of hydrogen-bond donors (Lipinski definition) is 1. The van der Waals surface area contributed by atoms with Gasteiger partial charge >= 0.3 is 11.8 Å². The van der Waals surface area contributed by atoms with Gasteiger partial charge in [0, 0.05) is 0 Å². The van der Waals surface area contributed by atoms with Crippen molar-refractivity contribution in [3.63, 3.8) is 0 Å². The van der Waals surface area contributed by atoms with Crippen LogP contribution in [0.25, 0.3) is 0 Å². The Morgan fingerprint density at radius 3 is 2.59 bits per heavy atom. The van der Waals surface area contributed by atoms with Crippen molar-refractivity contribution in [2.75, 3.05) is 12.0 Å². The molecule has 3 rings (SSSR count). The van der Waals surface area contributed by atoms with Gasteiger partial charge in [-0.25, -0.2) is 18.2 Å². The standard InChI is InChI=1S/C17H13F5N2O3/c1-27-15-10(18)6-5-8(23-15)7-24-11-4-2-3-9(13(25)14(19)20)12(11)17(21,22)16(24)26/h2-6,13-14,25H,7H2,1H3. The SMILES string of the molecule is COc1nc(CN2C(=O)C(F)(F)c3c(C(O)C(F)F)cccc32)ccc1F. The first kappa shape index (κ1) is 19.0. The molecular weight excluding hydrogens is 375 g/mol. The molecular formula is C17H13F5N2O3. The van der Waals surface area contributed by atoms with E-state index in [1.807, 2.05) is 0 Å². The van der Waals surface area contributed by atoms with E-state index in [9.17, 15) is 31.9 Å². The molecule has 0 saturated heterocycles. The number of ether oxygens (including phenoxy) is 1. The second-order valence-corrected chi connectivity index (χ2v) is 5.78. The van der Waals surface area contributed by atoms with E-state index < -0.39 is 47.8 Å². The molecule has 0 saturated carbocycles. The molecule has 1 amide bonds. The van der Waals surface area contributed by atoms with Crippen molar-refractivity contribution < 1.29 is 36.6 Å². The van der Waals surface area contributed by atoms with E-state index in [0.29, 0.717) is 4.90 Å². The largest absolute Gasteiger partial charge is 0.479 e. The van der Waals surface area contributed by atoms with E-state index in [1.165, 1.54) is 12.1 Å². The summed E-state index contributed by atoms with van der Waals surface area (Å²) >= 11 is 0. The van der Waals surface area contributed by atoms with Crippen molar-refractivity contribution >= 4 is 11.6 Å². The van der Waals surface area contributed by atoms with Crippen LogP contribution < -0.4 is 9.64 Å². The molecule has 0 aliphatic carbocycles. The number of aliphatic hydroxyl groups excluding tert-OH is 1. The fourth-order valence-corrected chi connectivity index (χ4v) is 2.90. The second kappa shape index (κ2) is 6.76. The molecule has 1 aromatic carbocycles. The number of fused-ring (bicyclic) bond motifs is 1. The topological polar surface area (TPSA) is 62.7 Å². The third-order valence-electron chi connectivity index (χ3n) is 4.14. The molecule has 0 fully saturated rings. The molecule has 0 radical (unpaired) electrons. The van der Waals surface area contributed by atoms with Crippen LogP contribution in [-0.2, 0) is 17.3 Å². The summed E-state index contributed by atoms with van der Waals surface area (Å²) in [5.41, 5.74) is -1.98. The van der Waals surface area contributed by atoms with E-state index in [4.69, 9.17) is 4.74 Å². The molecule has 27 heavy (non-hydrogen) atoms. The Balaban J connectivity index is 2.06. The first-order valence-corrected chi connectivity index (χ1v) is 7.67. The molecule has 10 heteroatoms. The summed E-state index contributed by atoms with van der Waals surface area (Å²) in [6.45, 7) is -0.466. The average molecular weight is 388 g/mol. The monoisotopic (exact) mass is 388 g/mol. The summed E-state index contributed by atoms with van der Waals surface area (Å²) in [5.74, 6) is -6.92. The van der Waals surface area contributed by atoms with Gasteiger partial charge in [-0.1, -0.05) is 12.1 Å². The minimum Gasteiger partial charge on any atom is -0.479 e. The Hall–Kier alpha value is -2.75. The lowest BCUT2D eigenvalue weighted by molar-refractivity contribution is -0.142. The van der Waals surface area contributed by atoms with E-state index in [-0.39, 0.29) is 17.3 Å². The lowest BCUT2D eigenvalue weighted by Gasteiger charge is -2.18. The first-order chi connectivity index (χ1) is 12.7. The molecule has 1 aliphatic rings. The van der Waals surface area contributed by atoms with Gasteiger partial charge in [0.05, 0.1) is 30.6 Å². The van der Waals surface area contributed by atoms with Crippen LogP contribution >= 0.6 is 0 Å². The van der Waals surface area contributed by atoms with Crippen molar-refractivity contribution in [1.82, 2.24) is 4.98 Å². The maximum absolute atomic E-state index is 14.5. The third-order valence-corrected chi connectivity index (χ3v) is 4.14. The molecule has 0 bridgehead atoms. The van der Waals surface area contributed by atoms with Gasteiger partial charge < -0.3 is 14.7 Å². The average Bonchev–Trinajstić information content (AvgIpc) is 2.83. The lowest BCUT2D eigenvalue weighted by Crippen LogP contribution is -2.34. The number of anilines is 1. The molecule has 5 nitrogen and oxygen atoms in total. The van der Waals surface area contributed by atoms with Crippen LogP contribution in [0.5, 0.6) is 5.88 Å². The van der Waals surface area contributed by atoms with E-state index in [1.54, 1.807) is 0 Å². The Morgan fingerprint density at radius 2 is 1.96 bits per heavy atom. The van der Waals surface area contributed by atoms with Crippen LogP contribution in [0.4, 0.5) is 27.6 Å². The molecule has 1 aromatic heterocycles. The summed E-state index contributed by atoms with van der Waals surface area (Å²) in [6, 6.07) is 5.42. The van der Waals surface area contributed by atoms with Gasteiger partial charge in [0.2, 0.25) is 5.88 Å². The Bertz CT molecular complexity index is 891. The number of aromatic nitrogens is 1. The van der Waals surface area contributed by atoms with Gasteiger partial charge in [-0.15, -0.1) is 0 Å². The quantitative estimate of drug-likeness (QED) is 0.800. The lowest BCUT2D eigenvalue weighted by atomic mass is 9.98. The van der Waals surface area contributed by atoms with Crippen molar-refractivity contribution in [2.45, 2.75) is 25.0 Å². The highest BCUT2D eigenvalue weighted by Gasteiger charge is 2.55. The van der Waals surface area contributed by atoms with Gasteiger partial charge in [0.25, 0.3) is 6.43 Å². The Morgan fingerprint density at radius 1 is 1.26 bits per heavy atom. The Labute approximate surface area is 150 Å². The fraction of sp³-hybridized carbons (Fsp3) is 0.294. The molecule has 0 spiro atoms. The molecule has 1 aliphatic heterocycles. The van der Waals surface area contributed by atoms with Crippen molar-refractivity contribution in [1.29, 1.82) is 0 Å². The normalized spacial score (nSPS) is 16.6. The van der Waals surface area contributed by atoms with Gasteiger partial charge in [-0.2, -0.15) is 8.78 Å². The van der Waals surface area contributed by atoms with Crippen LogP contribution in [0.15, 0.2) is 30.3 Å². The minimum absolute atomic E-state index is 0.0464. The highest BCUT2D eigenvalue weighted by Crippen LogP contribution is 2.48. The summed E-state index contributed by atoms with van der Waals surface area (Å²) in [7, 11) is 1.16. The second-order valence-electron chi connectivity index (χ2n) is 5.78. The summed E-state index contributed by atoms with van der Waals surface area (Å²) < 4.78 is 72.9. The molecule has 2 aromatic rings. The molecule has 2 heterocycles. The number of nitrogens with zero attached hydrogens (tertiary/aromatic N) is 2. The van der Waals surface area contributed by atoms with Gasteiger partial charge in [0.15, 0.2) is 5.82 Å². The highest BCUT2D eigenvalue weighted by atomic mass is 19.3. The Kier molecular flexibility index (Phi) is 4.77. The predicted molar refractivity (Wildman–Crippen MR) is 83.2 cm³/mol. The molecule has 1 N–H and O–H groups in total. The van der Waals surface area contributed by atoms with Gasteiger partial charge in [-0.3, -0.25) is 4.79 Å². The smallest absolute Gasteiger partial charge is 0.352 e. The number of alkyl halides is 4. The van der Waals surface area contributed by atoms with Crippen molar-refractivity contribution in [3.05, 3.63) is 53.0 Å². The van der Waals surface area contributed by atoms with Crippen LogP contribution in [0, 0.1) is 5.82 Å². The number of pyridine rings is 1. The zero-order valence-electron chi connectivity index (χ0n) is 13.8. The van der Waals surface area contributed by atoms with Crippen molar-refractivity contribution in [3.8, 4) is 5.88 Å². The summed E-state index contributed by atoms with van der Waals surface area (Å²) in [4.78, 5) is 16.7. The first-order valence-electron chi connectivity index (χ1n) is 7.67. The zero-order chi connectivity index (χ0) is 19.9. The highest BCUT2D eigenvalue weighted by molar-refractivity contribution is 6.06. The summed E-state index contributed by atoms with van der Waals surface area (Å²) in [5, 5.41) is 9.57. The van der Waals surface area contributed by atoms with E-state index in [0.717, 1.165) is 25.3 Å². The van der Waals surface area contributed by atoms with Gasteiger partial charge in [-0.05, 0) is 23.8 Å².